The average Bonchev–Trinajstić information content (AvgIpc) is 2.46. The quantitative estimate of drug-likeness (QED) is 0.734. The maximum absolute atomic E-state index is 12.3. The lowest BCUT2D eigenvalue weighted by Crippen LogP contribution is -2.26. The Hall–Kier alpha value is -0.380. The van der Waals surface area contributed by atoms with Crippen molar-refractivity contribution in [2.45, 2.75) is 38.9 Å². The van der Waals surface area contributed by atoms with Gasteiger partial charge in [0.15, 0.2) is 0 Å². The van der Waals surface area contributed by atoms with Crippen LogP contribution in [0.4, 0.5) is 0 Å². The van der Waals surface area contributed by atoms with Crippen molar-refractivity contribution in [3.8, 4) is 0 Å². The molecule has 1 heterocycles. The van der Waals surface area contributed by atoms with Gasteiger partial charge in [-0.2, -0.15) is 0 Å². The molecule has 88 valence electrons. The third kappa shape index (κ3) is 2.80. The Labute approximate surface area is 90.1 Å². The molecule has 5 nitrogen and oxygen atoms in total. The van der Waals surface area contributed by atoms with Gasteiger partial charge in [0, 0.05) is 6.04 Å². The second kappa shape index (κ2) is 5.10. The summed E-state index contributed by atoms with van der Waals surface area (Å²) in [6, 6.07) is 0.0386. The fraction of sp³-hybridized carbons (Fsp3) is 0.889. The first-order chi connectivity index (χ1) is 7.03. The van der Waals surface area contributed by atoms with E-state index in [1.165, 1.54) is 0 Å². The monoisotopic (exact) mass is 235 g/mol. The molecule has 6 heteroatoms. The molecule has 0 aromatic carbocycles. The van der Waals surface area contributed by atoms with E-state index in [-0.39, 0.29) is 25.2 Å². The van der Waals surface area contributed by atoms with Gasteiger partial charge >= 0.3 is 7.60 Å². The van der Waals surface area contributed by atoms with Crippen molar-refractivity contribution >= 4 is 13.5 Å². The smallest absolute Gasteiger partial charge is 0.343 e. The van der Waals surface area contributed by atoms with E-state index < -0.39 is 13.3 Å². The van der Waals surface area contributed by atoms with Crippen LogP contribution in [0.2, 0.25) is 0 Å². The second-order valence-corrected chi connectivity index (χ2v) is 5.76. The molecule has 1 fully saturated rings. The van der Waals surface area contributed by atoms with Crippen molar-refractivity contribution in [1.82, 2.24) is 5.32 Å². The summed E-state index contributed by atoms with van der Waals surface area (Å²) in [5, 5.41) is 2.72. The molecule has 1 aliphatic heterocycles. The largest absolute Gasteiger partial charge is 0.353 e. The molecule has 0 aliphatic carbocycles. The molecule has 1 N–H and O–H groups in total. The Balaban J connectivity index is 2.80. The minimum Gasteiger partial charge on any atom is -0.353 e. The maximum atomic E-state index is 12.3. The van der Waals surface area contributed by atoms with E-state index in [2.05, 4.69) is 5.32 Å². The van der Waals surface area contributed by atoms with Crippen molar-refractivity contribution in [1.29, 1.82) is 0 Å². The van der Waals surface area contributed by atoms with Crippen LogP contribution in [-0.2, 0) is 18.4 Å². The lowest BCUT2D eigenvalue weighted by Gasteiger charge is -2.20. The van der Waals surface area contributed by atoms with Crippen LogP contribution in [0, 0.1) is 0 Å². The molecule has 2 atom stereocenters. The molecule has 1 saturated heterocycles. The summed E-state index contributed by atoms with van der Waals surface area (Å²) in [6.45, 7) is 5.93. The average molecular weight is 235 g/mol. The highest BCUT2D eigenvalue weighted by atomic mass is 31.2. The van der Waals surface area contributed by atoms with E-state index >= 15 is 0 Å². The molecule has 0 radical (unpaired) electrons. The van der Waals surface area contributed by atoms with E-state index in [1.54, 1.807) is 13.8 Å². The molecule has 1 rings (SSSR count). The summed E-state index contributed by atoms with van der Waals surface area (Å²) in [5.74, 6) is -0.229. The summed E-state index contributed by atoms with van der Waals surface area (Å²) in [4.78, 5) is 11.5. The van der Waals surface area contributed by atoms with Crippen LogP contribution in [0.5, 0.6) is 0 Å². The van der Waals surface area contributed by atoms with Gasteiger partial charge in [0.25, 0.3) is 0 Å². The first kappa shape index (κ1) is 12.7. The van der Waals surface area contributed by atoms with Crippen LogP contribution in [0.1, 0.15) is 27.2 Å². The first-order valence-corrected chi connectivity index (χ1v) is 6.83. The molecule has 1 aliphatic rings. The number of amides is 1. The van der Waals surface area contributed by atoms with Crippen molar-refractivity contribution in [3.05, 3.63) is 0 Å². The van der Waals surface area contributed by atoms with Crippen LogP contribution in [0.25, 0.3) is 0 Å². The van der Waals surface area contributed by atoms with E-state index in [4.69, 9.17) is 9.05 Å². The predicted molar refractivity (Wildman–Crippen MR) is 56.9 cm³/mol. The molecule has 0 bridgehead atoms. The molecule has 0 aromatic heterocycles. The van der Waals surface area contributed by atoms with Crippen molar-refractivity contribution in [2.75, 3.05) is 13.2 Å². The molecule has 2 unspecified atom stereocenters. The van der Waals surface area contributed by atoms with E-state index in [0.717, 1.165) is 0 Å². The van der Waals surface area contributed by atoms with Gasteiger partial charge in [-0.3, -0.25) is 9.36 Å². The zero-order valence-electron chi connectivity index (χ0n) is 9.36. The fourth-order valence-electron chi connectivity index (χ4n) is 1.69. The lowest BCUT2D eigenvalue weighted by molar-refractivity contribution is -0.119. The number of rotatable bonds is 5. The molecular formula is C9H18NO4P. The van der Waals surface area contributed by atoms with Gasteiger partial charge in [-0.05, 0) is 27.2 Å². The van der Waals surface area contributed by atoms with Gasteiger partial charge in [-0.25, -0.2) is 0 Å². The molecule has 1 amide bonds. The van der Waals surface area contributed by atoms with E-state index in [0.29, 0.717) is 6.42 Å². The third-order valence-corrected chi connectivity index (χ3v) is 4.71. The third-order valence-electron chi connectivity index (χ3n) is 2.27. The van der Waals surface area contributed by atoms with Crippen LogP contribution < -0.4 is 5.32 Å². The summed E-state index contributed by atoms with van der Waals surface area (Å²) >= 11 is 0. The lowest BCUT2D eigenvalue weighted by atomic mass is 10.2. The standard InChI is InChI=1S/C9H18NO4P/c1-4-13-15(12,14-5-2)8-6-7(3)10-9(8)11/h7-8H,4-6H2,1-3H3,(H,10,11). The predicted octanol–water partition coefficient (Wildman–Crippen LogP) is 1.53. The van der Waals surface area contributed by atoms with Crippen LogP contribution in [0.15, 0.2) is 0 Å². The van der Waals surface area contributed by atoms with Gasteiger partial charge in [0.05, 0.1) is 13.2 Å². The molecule has 0 saturated carbocycles. The highest BCUT2D eigenvalue weighted by Crippen LogP contribution is 2.55. The number of hydrogen-bond acceptors (Lipinski definition) is 4. The summed E-state index contributed by atoms with van der Waals surface area (Å²) in [6.07, 6.45) is 0.510. The van der Waals surface area contributed by atoms with Crippen LogP contribution in [0.3, 0.4) is 0 Å². The number of hydrogen-bond donors (Lipinski definition) is 1. The Morgan fingerprint density at radius 3 is 2.27 bits per heavy atom. The van der Waals surface area contributed by atoms with Crippen LogP contribution in [-0.4, -0.2) is 30.8 Å². The van der Waals surface area contributed by atoms with Gasteiger partial charge in [-0.15, -0.1) is 0 Å². The minimum atomic E-state index is -3.27. The Kier molecular flexibility index (Phi) is 4.32. The Morgan fingerprint density at radius 2 is 1.93 bits per heavy atom. The van der Waals surface area contributed by atoms with Crippen molar-refractivity contribution in [3.63, 3.8) is 0 Å². The topological polar surface area (TPSA) is 64.6 Å². The highest BCUT2D eigenvalue weighted by Gasteiger charge is 2.45. The van der Waals surface area contributed by atoms with E-state index in [9.17, 15) is 9.36 Å². The van der Waals surface area contributed by atoms with Gasteiger partial charge < -0.3 is 14.4 Å². The second-order valence-electron chi connectivity index (χ2n) is 3.54. The highest BCUT2D eigenvalue weighted by molar-refractivity contribution is 7.55. The number of nitrogens with one attached hydrogen (secondary N) is 1. The van der Waals surface area contributed by atoms with Crippen molar-refractivity contribution < 1.29 is 18.4 Å². The molecule has 0 spiro atoms. The van der Waals surface area contributed by atoms with Gasteiger partial charge in [0.2, 0.25) is 5.91 Å². The summed E-state index contributed by atoms with van der Waals surface area (Å²) in [5.41, 5.74) is -0.646. The molecule has 0 aromatic rings. The SMILES string of the molecule is CCOP(=O)(OCC)C1CC(C)NC1=O. The van der Waals surface area contributed by atoms with Gasteiger partial charge in [-0.1, -0.05) is 0 Å². The van der Waals surface area contributed by atoms with Gasteiger partial charge in [0.1, 0.15) is 5.66 Å². The maximum Gasteiger partial charge on any atom is 0.343 e. The zero-order valence-corrected chi connectivity index (χ0v) is 10.3. The summed E-state index contributed by atoms with van der Waals surface area (Å²) in [7, 11) is -3.27. The number of carbonyl (C=O) groups is 1. The molecular weight excluding hydrogens is 217 g/mol. The summed E-state index contributed by atoms with van der Waals surface area (Å²) < 4.78 is 22.6. The zero-order chi connectivity index (χ0) is 11.5. The number of carbonyl (C=O) groups excluding carboxylic acids is 1. The first-order valence-electron chi connectivity index (χ1n) is 5.22. The van der Waals surface area contributed by atoms with E-state index in [1.807, 2.05) is 6.92 Å². The minimum absolute atomic E-state index is 0.0386. The Bertz CT molecular complexity index is 271. The Morgan fingerprint density at radius 1 is 1.40 bits per heavy atom. The fourth-order valence-corrected chi connectivity index (χ4v) is 3.78. The van der Waals surface area contributed by atoms with Crippen molar-refractivity contribution in [2.24, 2.45) is 0 Å². The normalized spacial score (nSPS) is 26.7. The van der Waals surface area contributed by atoms with Crippen LogP contribution >= 0.6 is 7.60 Å². The molecule has 15 heavy (non-hydrogen) atoms.